The average molecular weight is 241 g/mol. The first-order chi connectivity index (χ1) is 8.61. The monoisotopic (exact) mass is 241 g/mol. The van der Waals surface area contributed by atoms with Gasteiger partial charge in [-0.3, -0.25) is 4.98 Å². The number of pyridine rings is 1. The van der Waals surface area contributed by atoms with Crippen molar-refractivity contribution in [2.75, 3.05) is 7.11 Å². The molecule has 2 rings (SSSR count). The Bertz CT molecular complexity index is 547. The van der Waals surface area contributed by atoms with Gasteiger partial charge >= 0.3 is 0 Å². The Labute approximate surface area is 109 Å². The van der Waals surface area contributed by atoms with Gasteiger partial charge in [0.2, 0.25) is 0 Å². The van der Waals surface area contributed by atoms with Gasteiger partial charge in [0.05, 0.1) is 12.8 Å². The van der Waals surface area contributed by atoms with Crippen LogP contribution in [0.25, 0.3) is 11.3 Å². The van der Waals surface area contributed by atoms with Crippen LogP contribution in [0, 0.1) is 6.92 Å². The topological polar surface area (TPSA) is 22.1 Å². The number of aromatic nitrogens is 1. The molecule has 2 nitrogen and oxygen atoms in total. The molecule has 94 valence electrons. The Kier molecular flexibility index (Phi) is 3.66. The van der Waals surface area contributed by atoms with Crippen molar-refractivity contribution < 1.29 is 4.74 Å². The van der Waals surface area contributed by atoms with Gasteiger partial charge in [-0.1, -0.05) is 19.9 Å². The highest BCUT2D eigenvalue weighted by Crippen LogP contribution is 2.26. The number of hydrogen-bond donors (Lipinski definition) is 0. The number of ether oxygens (including phenoxy) is 1. The van der Waals surface area contributed by atoms with Gasteiger partial charge in [0.15, 0.2) is 0 Å². The fraction of sp³-hybridized carbons (Fsp3) is 0.312. The summed E-state index contributed by atoms with van der Waals surface area (Å²) in [5.74, 6) is 1.33. The highest BCUT2D eigenvalue weighted by Gasteiger charge is 2.07. The number of hydrogen-bond acceptors (Lipinski definition) is 2. The molecule has 0 bridgehead atoms. The van der Waals surface area contributed by atoms with Crippen LogP contribution in [-0.2, 0) is 0 Å². The first-order valence-corrected chi connectivity index (χ1v) is 6.24. The Morgan fingerprint density at radius 1 is 1.11 bits per heavy atom. The van der Waals surface area contributed by atoms with Crippen LogP contribution in [0.4, 0.5) is 0 Å². The summed E-state index contributed by atoms with van der Waals surface area (Å²) >= 11 is 0. The van der Waals surface area contributed by atoms with E-state index in [-0.39, 0.29) is 0 Å². The van der Waals surface area contributed by atoms with Gasteiger partial charge in [0.1, 0.15) is 5.75 Å². The van der Waals surface area contributed by atoms with Crippen LogP contribution in [-0.4, -0.2) is 12.1 Å². The van der Waals surface area contributed by atoms with Crippen molar-refractivity contribution in [3.05, 3.63) is 47.7 Å². The van der Waals surface area contributed by atoms with Gasteiger partial charge in [0.25, 0.3) is 0 Å². The van der Waals surface area contributed by atoms with Gasteiger partial charge in [-0.15, -0.1) is 0 Å². The minimum Gasteiger partial charge on any atom is -0.497 e. The van der Waals surface area contributed by atoms with E-state index in [2.05, 4.69) is 45.0 Å². The summed E-state index contributed by atoms with van der Waals surface area (Å²) in [5.41, 5.74) is 4.50. The SMILES string of the molecule is COc1ccc(-c2cccc(C(C)C)n2)c(C)c1. The number of nitrogens with zero attached hydrogens (tertiary/aromatic N) is 1. The third-order valence-corrected chi connectivity index (χ3v) is 3.07. The van der Waals surface area contributed by atoms with E-state index in [0.717, 1.165) is 17.1 Å². The van der Waals surface area contributed by atoms with E-state index in [4.69, 9.17) is 9.72 Å². The van der Waals surface area contributed by atoms with Crippen LogP contribution in [0.5, 0.6) is 5.75 Å². The molecule has 1 aromatic carbocycles. The Balaban J connectivity index is 2.45. The van der Waals surface area contributed by atoms with Crippen molar-refractivity contribution in [3.63, 3.8) is 0 Å². The second kappa shape index (κ2) is 5.21. The van der Waals surface area contributed by atoms with Gasteiger partial charge in [0, 0.05) is 11.3 Å². The summed E-state index contributed by atoms with van der Waals surface area (Å²) in [4.78, 5) is 4.72. The predicted octanol–water partition coefficient (Wildman–Crippen LogP) is 4.19. The Morgan fingerprint density at radius 2 is 1.89 bits per heavy atom. The van der Waals surface area contributed by atoms with Crippen LogP contribution < -0.4 is 4.74 Å². The smallest absolute Gasteiger partial charge is 0.119 e. The van der Waals surface area contributed by atoms with Crippen molar-refractivity contribution in [3.8, 4) is 17.0 Å². The van der Waals surface area contributed by atoms with Crippen molar-refractivity contribution >= 4 is 0 Å². The Hall–Kier alpha value is -1.83. The molecule has 0 aliphatic heterocycles. The maximum atomic E-state index is 5.23. The van der Waals surface area contributed by atoms with Gasteiger partial charge < -0.3 is 4.74 Å². The fourth-order valence-corrected chi connectivity index (χ4v) is 1.97. The molecule has 0 aliphatic carbocycles. The molecule has 0 unspecified atom stereocenters. The maximum Gasteiger partial charge on any atom is 0.119 e. The summed E-state index contributed by atoms with van der Waals surface area (Å²) in [6.45, 7) is 6.40. The van der Waals surface area contributed by atoms with E-state index in [1.165, 1.54) is 11.1 Å². The summed E-state index contributed by atoms with van der Waals surface area (Å²) < 4.78 is 5.23. The van der Waals surface area contributed by atoms with Crippen LogP contribution in [0.3, 0.4) is 0 Å². The number of benzene rings is 1. The third-order valence-electron chi connectivity index (χ3n) is 3.07. The van der Waals surface area contributed by atoms with E-state index in [9.17, 15) is 0 Å². The lowest BCUT2D eigenvalue weighted by molar-refractivity contribution is 0.414. The summed E-state index contributed by atoms with van der Waals surface area (Å²) in [7, 11) is 1.69. The molecule has 0 amide bonds. The molecule has 0 atom stereocenters. The molecule has 0 saturated heterocycles. The lowest BCUT2D eigenvalue weighted by Crippen LogP contribution is -1.95. The molecule has 18 heavy (non-hydrogen) atoms. The number of methoxy groups -OCH3 is 1. The Morgan fingerprint density at radius 3 is 2.50 bits per heavy atom. The van der Waals surface area contributed by atoms with Crippen LogP contribution in [0.15, 0.2) is 36.4 Å². The fourth-order valence-electron chi connectivity index (χ4n) is 1.97. The highest BCUT2D eigenvalue weighted by molar-refractivity contribution is 5.64. The van der Waals surface area contributed by atoms with Crippen molar-refractivity contribution in [2.45, 2.75) is 26.7 Å². The summed E-state index contributed by atoms with van der Waals surface area (Å²) in [6, 6.07) is 12.3. The van der Waals surface area contributed by atoms with E-state index in [1.54, 1.807) is 7.11 Å². The van der Waals surface area contributed by atoms with Gasteiger partial charge in [-0.25, -0.2) is 0 Å². The summed E-state index contributed by atoms with van der Waals surface area (Å²) in [6.07, 6.45) is 0. The zero-order valence-corrected chi connectivity index (χ0v) is 11.4. The first kappa shape index (κ1) is 12.6. The van der Waals surface area contributed by atoms with Gasteiger partial charge in [-0.2, -0.15) is 0 Å². The van der Waals surface area contributed by atoms with Crippen molar-refractivity contribution in [1.29, 1.82) is 0 Å². The predicted molar refractivity (Wildman–Crippen MR) is 75.1 cm³/mol. The van der Waals surface area contributed by atoms with Crippen LogP contribution >= 0.6 is 0 Å². The maximum absolute atomic E-state index is 5.23. The van der Waals surface area contributed by atoms with Crippen molar-refractivity contribution in [2.24, 2.45) is 0 Å². The van der Waals surface area contributed by atoms with E-state index in [0.29, 0.717) is 5.92 Å². The standard InChI is InChI=1S/C16H19NO/c1-11(2)15-6-5-7-16(17-15)14-9-8-13(18-4)10-12(14)3/h5-11H,1-4H3. The molecule has 2 aromatic rings. The molecule has 1 aromatic heterocycles. The second-order valence-corrected chi connectivity index (χ2v) is 4.78. The second-order valence-electron chi connectivity index (χ2n) is 4.78. The number of aryl methyl sites for hydroxylation is 1. The summed E-state index contributed by atoms with van der Waals surface area (Å²) in [5, 5.41) is 0. The lowest BCUT2D eigenvalue weighted by Gasteiger charge is -2.10. The normalized spacial score (nSPS) is 10.7. The zero-order valence-electron chi connectivity index (χ0n) is 11.4. The molecule has 0 saturated carbocycles. The van der Waals surface area contributed by atoms with Crippen molar-refractivity contribution in [1.82, 2.24) is 4.98 Å². The third kappa shape index (κ3) is 2.53. The molecular formula is C16H19NO. The molecule has 0 N–H and O–H groups in total. The van der Waals surface area contributed by atoms with Crippen LogP contribution in [0.2, 0.25) is 0 Å². The molecule has 0 fully saturated rings. The highest BCUT2D eigenvalue weighted by atomic mass is 16.5. The van der Waals surface area contributed by atoms with E-state index < -0.39 is 0 Å². The average Bonchev–Trinajstić information content (AvgIpc) is 2.38. The van der Waals surface area contributed by atoms with E-state index >= 15 is 0 Å². The van der Waals surface area contributed by atoms with Gasteiger partial charge in [-0.05, 0) is 48.7 Å². The van der Waals surface area contributed by atoms with Crippen LogP contribution in [0.1, 0.15) is 31.0 Å². The largest absolute Gasteiger partial charge is 0.497 e. The minimum absolute atomic E-state index is 0.448. The molecule has 0 spiro atoms. The molecule has 1 heterocycles. The first-order valence-electron chi connectivity index (χ1n) is 6.24. The minimum atomic E-state index is 0.448. The lowest BCUT2D eigenvalue weighted by atomic mass is 10.0. The number of rotatable bonds is 3. The zero-order chi connectivity index (χ0) is 13.1. The molecule has 0 radical (unpaired) electrons. The molecule has 0 aliphatic rings. The molecular weight excluding hydrogens is 222 g/mol. The quantitative estimate of drug-likeness (QED) is 0.804. The molecule has 2 heteroatoms. The van der Waals surface area contributed by atoms with E-state index in [1.807, 2.05) is 12.1 Å².